The van der Waals surface area contributed by atoms with Crippen molar-refractivity contribution in [3.8, 4) is 0 Å². The van der Waals surface area contributed by atoms with Crippen LogP contribution in [0.25, 0.3) is 0 Å². The molecule has 0 spiro atoms. The van der Waals surface area contributed by atoms with Gasteiger partial charge < -0.3 is 10.1 Å². The van der Waals surface area contributed by atoms with Crippen molar-refractivity contribution in [2.45, 2.75) is 56.5 Å². The van der Waals surface area contributed by atoms with Crippen LogP contribution in [0.5, 0.6) is 0 Å². The SMILES string of the molecule is CC(C)(C)OC(=O)NC1[CH]CCCC1Br. The molecule has 1 radical (unpaired) electrons. The van der Waals surface area contributed by atoms with E-state index in [-0.39, 0.29) is 12.1 Å². The molecule has 1 aliphatic rings. The van der Waals surface area contributed by atoms with Crippen molar-refractivity contribution >= 4 is 22.0 Å². The lowest BCUT2D eigenvalue weighted by atomic mass is 9.95. The van der Waals surface area contributed by atoms with Gasteiger partial charge in [-0.25, -0.2) is 4.79 Å². The van der Waals surface area contributed by atoms with Gasteiger partial charge in [0.25, 0.3) is 0 Å². The van der Waals surface area contributed by atoms with Crippen LogP contribution in [-0.2, 0) is 4.74 Å². The first-order valence-electron chi connectivity index (χ1n) is 5.35. The molecule has 1 fully saturated rings. The Hall–Kier alpha value is -0.250. The highest BCUT2D eigenvalue weighted by Gasteiger charge is 2.26. The number of alkyl carbamates (subject to hydrolysis) is 1. The summed E-state index contributed by atoms with van der Waals surface area (Å²) >= 11 is 3.56. The van der Waals surface area contributed by atoms with E-state index in [1.54, 1.807) is 0 Å². The monoisotopic (exact) mass is 276 g/mol. The number of halogens is 1. The van der Waals surface area contributed by atoms with Crippen molar-refractivity contribution < 1.29 is 9.53 Å². The Morgan fingerprint density at radius 1 is 1.53 bits per heavy atom. The molecular weight excluding hydrogens is 258 g/mol. The van der Waals surface area contributed by atoms with Crippen LogP contribution in [0, 0.1) is 6.42 Å². The predicted molar refractivity (Wildman–Crippen MR) is 64.0 cm³/mol. The summed E-state index contributed by atoms with van der Waals surface area (Å²) in [6.07, 6.45) is 5.13. The van der Waals surface area contributed by atoms with Crippen LogP contribution >= 0.6 is 15.9 Å². The number of amides is 1. The van der Waals surface area contributed by atoms with Gasteiger partial charge in [0.2, 0.25) is 0 Å². The van der Waals surface area contributed by atoms with Crippen molar-refractivity contribution in [1.29, 1.82) is 0 Å². The standard InChI is InChI=1S/C11H19BrNO2/c1-11(2,3)15-10(14)13-9-7-5-4-6-8(9)12/h7-9H,4-6H2,1-3H3,(H,13,14). The topological polar surface area (TPSA) is 38.3 Å². The largest absolute Gasteiger partial charge is 0.444 e. The molecular formula is C11H19BrNO2. The molecule has 2 unspecified atom stereocenters. The maximum Gasteiger partial charge on any atom is 0.407 e. The van der Waals surface area contributed by atoms with Crippen LogP contribution in [0.2, 0.25) is 0 Å². The van der Waals surface area contributed by atoms with E-state index < -0.39 is 5.60 Å². The second kappa shape index (κ2) is 5.19. The van der Waals surface area contributed by atoms with E-state index in [0.29, 0.717) is 4.83 Å². The fraction of sp³-hybridized carbons (Fsp3) is 0.818. The van der Waals surface area contributed by atoms with E-state index in [0.717, 1.165) is 12.8 Å². The molecule has 1 rings (SSSR count). The van der Waals surface area contributed by atoms with Gasteiger partial charge in [-0.3, -0.25) is 0 Å². The zero-order valence-electron chi connectivity index (χ0n) is 9.55. The minimum atomic E-state index is -0.430. The average Bonchev–Trinajstić information content (AvgIpc) is 2.05. The number of carbonyl (C=O) groups excluding carboxylic acids is 1. The molecule has 0 saturated heterocycles. The highest BCUT2D eigenvalue weighted by Crippen LogP contribution is 2.24. The summed E-state index contributed by atoms with van der Waals surface area (Å²) in [6.45, 7) is 5.59. The molecule has 87 valence electrons. The molecule has 0 aromatic carbocycles. The highest BCUT2D eigenvalue weighted by molar-refractivity contribution is 9.09. The molecule has 1 amide bonds. The Labute approximate surface area is 100 Å². The Morgan fingerprint density at radius 3 is 2.73 bits per heavy atom. The fourth-order valence-corrected chi connectivity index (χ4v) is 2.20. The molecule has 1 N–H and O–H groups in total. The number of hydrogen-bond acceptors (Lipinski definition) is 2. The molecule has 1 aliphatic carbocycles. The molecule has 0 aliphatic heterocycles. The van der Waals surface area contributed by atoms with E-state index >= 15 is 0 Å². The van der Waals surface area contributed by atoms with Gasteiger partial charge in [-0.15, -0.1) is 0 Å². The van der Waals surface area contributed by atoms with Gasteiger partial charge in [0.05, 0.1) is 0 Å². The van der Waals surface area contributed by atoms with Crippen LogP contribution in [-0.4, -0.2) is 22.6 Å². The maximum atomic E-state index is 11.5. The molecule has 3 nitrogen and oxygen atoms in total. The summed E-state index contributed by atoms with van der Waals surface area (Å²) in [7, 11) is 0. The van der Waals surface area contributed by atoms with Crippen LogP contribution in [0.4, 0.5) is 4.79 Å². The Bertz CT molecular complexity index is 225. The maximum absolute atomic E-state index is 11.5. The predicted octanol–water partition coefficient (Wildman–Crippen LogP) is 3.03. The molecule has 0 aromatic heterocycles. The molecule has 1 saturated carbocycles. The number of carbonyl (C=O) groups is 1. The van der Waals surface area contributed by atoms with E-state index in [9.17, 15) is 4.79 Å². The molecule has 0 bridgehead atoms. The van der Waals surface area contributed by atoms with Crippen LogP contribution < -0.4 is 5.32 Å². The fourth-order valence-electron chi connectivity index (χ4n) is 1.53. The van der Waals surface area contributed by atoms with Gasteiger partial charge >= 0.3 is 6.09 Å². The van der Waals surface area contributed by atoms with Crippen molar-refractivity contribution in [1.82, 2.24) is 5.32 Å². The minimum absolute atomic E-state index is 0.0913. The molecule has 15 heavy (non-hydrogen) atoms. The smallest absolute Gasteiger partial charge is 0.407 e. The first kappa shape index (κ1) is 12.8. The second-order valence-corrected chi connectivity index (χ2v) is 6.03. The number of nitrogens with one attached hydrogen (secondary N) is 1. The van der Waals surface area contributed by atoms with E-state index in [2.05, 4.69) is 27.7 Å². The summed E-state index contributed by atoms with van der Waals surface area (Å²) in [5, 5.41) is 2.86. The summed E-state index contributed by atoms with van der Waals surface area (Å²) < 4.78 is 5.20. The van der Waals surface area contributed by atoms with Gasteiger partial charge in [-0.1, -0.05) is 22.4 Å². The first-order chi connectivity index (χ1) is 6.88. The summed E-state index contributed by atoms with van der Waals surface area (Å²) in [6, 6.07) is 0.0913. The van der Waals surface area contributed by atoms with E-state index in [1.165, 1.54) is 6.42 Å². The zero-order chi connectivity index (χ0) is 11.5. The average molecular weight is 277 g/mol. The lowest BCUT2D eigenvalue weighted by Crippen LogP contribution is -2.45. The summed E-state index contributed by atoms with van der Waals surface area (Å²) in [4.78, 5) is 11.8. The van der Waals surface area contributed by atoms with Gasteiger partial charge in [-0.2, -0.15) is 0 Å². The third-order valence-corrected chi connectivity index (χ3v) is 3.21. The first-order valence-corrected chi connectivity index (χ1v) is 6.27. The number of hydrogen-bond donors (Lipinski definition) is 1. The third kappa shape index (κ3) is 4.87. The molecule has 4 heteroatoms. The Kier molecular flexibility index (Phi) is 4.44. The quantitative estimate of drug-likeness (QED) is 0.748. The Balaban J connectivity index is 2.36. The zero-order valence-corrected chi connectivity index (χ0v) is 11.1. The van der Waals surface area contributed by atoms with Gasteiger partial charge in [0.15, 0.2) is 0 Å². The van der Waals surface area contributed by atoms with Crippen LogP contribution in [0.1, 0.15) is 40.0 Å². The van der Waals surface area contributed by atoms with E-state index in [1.807, 2.05) is 20.8 Å². The van der Waals surface area contributed by atoms with Crippen molar-refractivity contribution in [3.05, 3.63) is 6.42 Å². The summed E-state index contributed by atoms with van der Waals surface area (Å²) in [5.74, 6) is 0. The third-order valence-electron chi connectivity index (χ3n) is 2.18. The normalized spacial score (nSPS) is 27.2. The molecule has 0 heterocycles. The number of alkyl halides is 1. The lowest BCUT2D eigenvalue weighted by Gasteiger charge is -2.29. The Morgan fingerprint density at radius 2 is 2.20 bits per heavy atom. The minimum Gasteiger partial charge on any atom is -0.444 e. The lowest BCUT2D eigenvalue weighted by molar-refractivity contribution is 0.0507. The summed E-state index contributed by atoms with van der Waals surface area (Å²) in [5.41, 5.74) is -0.430. The second-order valence-electron chi connectivity index (χ2n) is 4.85. The van der Waals surface area contributed by atoms with Crippen LogP contribution in [0.3, 0.4) is 0 Å². The van der Waals surface area contributed by atoms with Crippen molar-refractivity contribution in [2.75, 3.05) is 0 Å². The highest BCUT2D eigenvalue weighted by atomic mass is 79.9. The van der Waals surface area contributed by atoms with Crippen molar-refractivity contribution in [2.24, 2.45) is 0 Å². The van der Waals surface area contributed by atoms with Crippen LogP contribution in [0.15, 0.2) is 0 Å². The van der Waals surface area contributed by atoms with Gasteiger partial charge in [0.1, 0.15) is 5.60 Å². The van der Waals surface area contributed by atoms with Gasteiger partial charge in [-0.05, 0) is 40.0 Å². The number of ether oxygens (including phenoxy) is 1. The van der Waals surface area contributed by atoms with Crippen molar-refractivity contribution in [3.63, 3.8) is 0 Å². The molecule has 2 atom stereocenters. The molecule has 0 aromatic rings. The number of rotatable bonds is 1. The van der Waals surface area contributed by atoms with E-state index in [4.69, 9.17) is 4.74 Å². The van der Waals surface area contributed by atoms with Gasteiger partial charge in [0, 0.05) is 10.9 Å².